The fourth-order valence-corrected chi connectivity index (χ4v) is 2.42. The highest BCUT2D eigenvalue weighted by atomic mass is 35.5. The van der Waals surface area contributed by atoms with Crippen molar-refractivity contribution in [3.63, 3.8) is 0 Å². The molecule has 0 heterocycles. The standard InChI is InChI=1S/C17H18ClNO2/c1-12(15-5-3-4-6-16(15)18)19-17(20)11-13-7-9-14(21-2)10-8-13/h3-10,12H,11H2,1-2H3,(H,19,20). The van der Waals surface area contributed by atoms with Gasteiger partial charge in [0.05, 0.1) is 19.6 Å². The minimum Gasteiger partial charge on any atom is -0.497 e. The quantitative estimate of drug-likeness (QED) is 0.913. The van der Waals surface area contributed by atoms with Crippen LogP contribution in [0.5, 0.6) is 5.75 Å². The Morgan fingerprint density at radius 3 is 2.48 bits per heavy atom. The van der Waals surface area contributed by atoms with Gasteiger partial charge in [0.15, 0.2) is 0 Å². The summed E-state index contributed by atoms with van der Waals surface area (Å²) in [5.74, 6) is 0.746. The summed E-state index contributed by atoms with van der Waals surface area (Å²) in [6.45, 7) is 1.92. The van der Waals surface area contributed by atoms with E-state index in [1.54, 1.807) is 7.11 Å². The van der Waals surface area contributed by atoms with Crippen LogP contribution in [0.4, 0.5) is 0 Å². The van der Waals surface area contributed by atoms with Crippen LogP contribution in [0.2, 0.25) is 5.02 Å². The molecule has 1 atom stereocenters. The van der Waals surface area contributed by atoms with Crippen LogP contribution < -0.4 is 10.1 Å². The molecule has 1 N–H and O–H groups in total. The number of rotatable bonds is 5. The largest absolute Gasteiger partial charge is 0.497 e. The first-order valence-electron chi connectivity index (χ1n) is 6.77. The van der Waals surface area contributed by atoms with E-state index in [9.17, 15) is 4.79 Å². The lowest BCUT2D eigenvalue weighted by Gasteiger charge is -2.15. The lowest BCUT2D eigenvalue weighted by Crippen LogP contribution is -2.28. The lowest BCUT2D eigenvalue weighted by atomic mass is 10.1. The van der Waals surface area contributed by atoms with Crippen molar-refractivity contribution in [2.24, 2.45) is 0 Å². The molecule has 0 aliphatic heterocycles. The first-order valence-corrected chi connectivity index (χ1v) is 7.14. The minimum atomic E-state index is -0.121. The topological polar surface area (TPSA) is 38.3 Å². The summed E-state index contributed by atoms with van der Waals surface area (Å²) in [6.07, 6.45) is 0.332. The molecular formula is C17H18ClNO2. The number of methoxy groups -OCH3 is 1. The zero-order chi connectivity index (χ0) is 15.2. The summed E-state index contributed by atoms with van der Waals surface area (Å²) in [6, 6.07) is 14.9. The molecule has 2 aromatic rings. The van der Waals surface area contributed by atoms with Gasteiger partial charge in [-0.1, -0.05) is 41.9 Å². The van der Waals surface area contributed by atoms with Gasteiger partial charge < -0.3 is 10.1 Å². The zero-order valence-electron chi connectivity index (χ0n) is 12.1. The minimum absolute atomic E-state index is 0.0346. The van der Waals surface area contributed by atoms with E-state index in [1.807, 2.05) is 55.5 Å². The summed E-state index contributed by atoms with van der Waals surface area (Å²) >= 11 is 6.13. The Balaban J connectivity index is 1.96. The molecule has 21 heavy (non-hydrogen) atoms. The highest BCUT2D eigenvalue weighted by Crippen LogP contribution is 2.22. The van der Waals surface area contributed by atoms with Gasteiger partial charge in [0, 0.05) is 5.02 Å². The van der Waals surface area contributed by atoms with E-state index in [0.29, 0.717) is 11.4 Å². The molecule has 1 unspecified atom stereocenters. The van der Waals surface area contributed by atoms with Crippen molar-refractivity contribution in [3.8, 4) is 5.75 Å². The third kappa shape index (κ3) is 4.23. The van der Waals surface area contributed by atoms with E-state index in [-0.39, 0.29) is 11.9 Å². The Kier molecular flexibility index (Phi) is 5.23. The molecule has 1 amide bonds. The second kappa shape index (κ2) is 7.14. The van der Waals surface area contributed by atoms with E-state index in [4.69, 9.17) is 16.3 Å². The van der Waals surface area contributed by atoms with E-state index in [1.165, 1.54) is 0 Å². The van der Waals surface area contributed by atoms with Crippen LogP contribution in [0.15, 0.2) is 48.5 Å². The number of benzene rings is 2. The van der Waals surface area contributed by atoms with E-state index in [2.05, 4.69) is 5.32 Å². The van der Waals surface area contributed by atoms with Gasteiger partial charge in [0.1, 0.15) is 5.75 Å². The third-order valence-corrected chi connectivity index (χ3v) is 3.62. The summed E-state index contributed by atoms with van der Waals surface area (Å²) in [7, 11) is 1.62. The number of halogens is 1. The maximum Gasteiger partial charge on any atom is 0.224 e. The van der Waals surface area contributed by atoms with Crippen molar-refractivity contribution in [1.82, 2.24) is 5.32 Å². The van der Waals surface area contributed by atoms with Gasteiger partial charge in [-0.3, -0.25) is 4.79 Å². The SMILES string of the molecule is COc1ccc(CC(=O)NC(C)c2ccccc2Cl)cc1. The van der Waals surface area contributed by atoms with Crippen LogP contribution in [0.25, 0.3) is 0 Å². The molecule has 110 valence electrons. The molecule has 0 aliphatic rings. The van der Waals surface area contributed by atoms with Crippen LogP contribution in [-0.2, 0) is 11.2 Å². The van der Waals surface area contributed by atoms with Gasteiger partial charge >= 0.3 is 0 Å². The highest BCUT2D eigenvalue weighted by Gasteiger charge is 2.12. The normalized spacial score (nSPS) is 11.8. The van der Waals surface area contributed by atoms with Gasteiger partial charge in [0.2, 0.25) is 5.91 Å². The molecular weight excluding hydrogens is 286 g/mol. The average molecular weight is 304 g/mol. The number of hydrogen-bond donors (Lipinski definition) is 1. The van der Waals surface area contributed by atoms with Crippen molar-refractivity contribution in [1.29, 1.82) is 0 Å². The molecule has 0 aromatic heterocycles. The van der Waals surface area contributed by atoms with Gasteiger partial charge in [-0.25, -0.2) is 0 Å². The Morgan fingerprint density at radius 2 is 1.86 bits per heavy atom. The zero-order valence-corrected chi connectivity index (χ0v) is 12.9. The summed E-state index contributed by atoms with van der Waals surface area (Å²) in [5, 5.41) is 3.62. The van der Waals surface area contributed by atoms with Crippen molar-refractivity contribution in [3.05, 3.63) is 64.7 Å². The van der Waals surface area contributed by atoms with Crippen LogP contribution in [0.1, 0.15) is 24.1 Å². The van der Waals surface area contributed by atoms with Crippen molar-refractivity contribution < 1.29 is 9.53 Å². The van der Waals surface area contributed by atoms with Gasteiger partial charge in [-0.15, -0.1) is 0 Å². The molecule has 0 spiro atoms. The maximum absolute atomic E-state index is 12.1. The molecule has 0 bridgehead atoms. The summed E-state index contributed by atoms with van der Waals surface area (Å²) in [5.41, 5.74) is 1.86. The van der Waals surface area contributed by atoms with E-state index in [0.717, 1.165) is 16.9 Å². The van der Waals surface area contributed by atoms with E-state index < -0.39 is 0 Å². The Bertz CT molecular complexity index is 610. The van der Waals surface area contributed by atoms with Gasteiger partial charge in [0.25, 0.3) is 0 Å². The predicted molar refractivity (Wildman–Crippen MR) is 84.7 cm³/mol. The smallest absolute Gasteiger partial charge is 0.224 e. The van der Waals surface area contributed by atoms with Gasteiger partial charge in [-0.05, 0) is 36.2 Å². The van der Waals surface area contributed by atoms with Crippen molar-refractivity contribution >= 4 is 17.5 Å². The lowest BCUT2D eigenvalue weighted by molar-refractivity contribution is -0.121. The van der Waals surface area contributed by atoms with Crippen LogP contribution >= 0.6 is 11.6 Å². The summed E-state index contributed by atoms with van der Waals surface area (Å²) in [4.78, 5) is 12.1. The average Bonchev–Trinajstić information content (AvgIpc) is 2.48. The predicted octanol–water partition coefficient (Wildman–Crippen LogP) is 3.77. The number of hydrogen-bond acceptors (Lipinski definition) is 2. The second-order valence-electron chi connectivity index (χ2n) is 4.84. The van der Waals surface area contributed by atoms with Crippen molar-refractivity contribution in [2.45, 2.75) is 19.4 Å². The van der Waals surface area contributed by atoms with Crippen molar-refractivity contribution in [2.75, 3.05) is 7.11 Å². The first kappa shape index (κ1) is 15.4. The summed E-state index contributed by atoms with van der Waals surface area (Å²) < 4.78 is 5.09. The first-order chi connectivity index (χ1) is 10.1. The Labute approximate surface area is 129 Å². The molecule has 0 radical (unpaired) electrons. The fourth-order valence-electron chi connectivity index (χ4n) is 2.13. The van der Waals surface area contributed by atoms with E-state index >= 15 is 0 Å². The van der Waals surface area contributed by atoms with Crippen LogP contribution in [0.3, 0.4) is 0 Å². The number of carbonyl (C=O) groups excluding carboxylic acids is 1. The van der Waals surface area contributed by atoms with Crippen LogP contribution in [-0.4, -0.2) is 13.0 Å². The molecule has 4 heteroatoms. The van der Waals surface area contributed by atoms with Crippen LogP contribution in [0, 0.1) is 0 Å². The maximum atomic E-state index is 12.1. The molecule has 0 saturated carbocycles. The second-order valence-corrected chi connectivity index (χ2v) is 5.24. The molecule has 0 saturated heterocycles. The number of amides is 1. The molecule has 0 aliphatic carbocycles. The molecule has 3 nitrogen and oxygen atoms in total. The number of nitrogens with one attached hydrogen (secondary N) is 1. The third-order valence-electron chi connectivity index (χ3n) is 3.27. The Morgan fingerprint density at radius 1 is 1.19 bits per heavy atom. The monoisotopic (exact) mass is 303 g/mol. The molecule has 2 rings (SSSR count). The Hall–Kier alpha value is -2.00. The fraction of sp³-hybridized carbons (Fsp3) is 0.235. The van der Waals surface area contributed by atoms with Gasteiger partial charge in [-0.2, -0.15) is 0 Å². The molecule has 0 fully saturated rings. The highest BCUT2D eigenvalue weighted by molar-refractivity contribution is 6.31. The number of ether oxygens (including phenoxy) is 1. The molecule has 2 aromatic carbocycles. The number of carbonyl (C=O) groups is 1.